The number of H-pyrrole nitrogens is 1. The van der Waals surface area contributed by atoms with Gasteiger partial charge in [0.15, 0.2) is 5.75 Å². The molecule has 0 aliphatic heterocycles. The van der Waals surface area contributed by atoms with Gasteiger partial charge in [0, 0.05) is 17.7 Å². The summed E-state index contributed by atoms with van der Waals surface area (Å²) in [6, 6.07) is 9.63. The van der Waals surface area contributed by atoms with E-state index in [1.54, 1.807) is 12.3 Å². The largest absolute Gasteiger partial charge is 0.502 e. The average Bonchev–Trinajstić information content (AvgIpc) is 2.93. The molecule has 0 aliphatic rings. The molecule has 0 bridgehead atoms. The lowest BCUT2D eigenvalue weighted by atomic mass is 10.2. The van der Waals surface area contributed by atoms with Crippen LogP contribution in [0.2, 0.25) is 0 Å². The lowest BCUT2D eigenvalue weighted by molar-refractivity contribution is -0.385. The maximum Gasteiger partial charge on any atom is 0.311 e. The molecule has 2 N–H and O–H groups in total. The summed E-state index contributed by atoms with van der Waals surface area (Å²) in [5, 5.41) is 27.8. The number of rotatable bonds is 3. The maximum atomic E-state index is 10.8. The molecule has 0 amide bonds. The summed E-state index contributed by atoms with van der Waals surface area (Å²) in [5.74, 6) is -0.364. The summed E-state index contributed by atoms with van der Waals surface area (Å²) < 4.78 is 0. The Morgan fingerprint density at radius 2 is 2.14 bits per heavy atom. The number of hydrogen-bond donors (Lipinski definition) is 2. The van der Waals surface area contributed by atoms with Crippen molar-refractivity contribution in [3.63, 3.8) is 0 Å². The Balaban J connectivity index is 1.91. The van der Waals surface area contributed by atoms with Gasteiger partial charge in [-0.1, -0.05) is 0 Å². The third-order valence-electron chi connectivity index (χ3n) is 2.98. The number of nitro benzene ring substituents is 1. The summed E-state index contributed by atoms with van der Waals surface area (Å²) in [6.07, 6.45) is 3.20. The van der Waals surface area contributed by atoms with E-state index in [4.69, 9.17) is 0 Å². The number of phenolic OH excluding ortho intramolecular Hbond substituents is 1. The molecule has 21 heavy (non-hydrogen) atoms. The van der Waals surface area contributed by atoms with Crippen molar-refractivity contribution in [3.05, 3.63) is 58.3 Å². The second kappa shape index (κ2) is 5.04. The first-order chi connectivity index (χ1) is 10.1. The van der Waals surface area contributed by atoms with Gasteiger partial charge in [0.1, 0.15) is 0 Å². The van der Waals surface area contributed by atoms with Crippen LogP contribution >= 0.6 is 0 Å². The van der Waals surface area contributed by atoms with Crippen LogP contribution in [0.3, 0.4) is 0 Å². The minimum Gasteiger partial charge on any atom is -0.502 e. The Morgan fingerprint density at radius 1 is 1.29 bits per heavy atom. The molecule has 2 aromatic carbocycles. The topological polar surface area (TPSA) is 104 Å². The third-order valence-corrected chi connectivity index (χ3v) is 2.98. The molecule has 3 rings (SSSR count). The Kier molecular flexibility index (Phi) is 3.07. The second-order valence-electron chi connectivity index (χ2n) is 4.41. The minimum absolute atomic E-state index is 0.343. The van der Waals surface area contributed by atoms with Crippen molar-refractivity contribution in [2.75, 3.05) is 0 Å². The number of aliphatic imine (C=N–C) groups is 1. The van der Waals surface area contributed by atoms with Gasteiger partial charge in [-0.25, -0.2) is 0 Å². The summed E-state index contributed by atoms with van der Waals surface area (Å²) in [7, 11) is 0. The molecule has 0 atom stereocenters. The SMILES string of the molecule is O=[N+]([O-])c1cc(C=Nc2ccc3[nH]ncc3c2)ccc1O. The third kappa shape index (κ3) is 2.57. The van der Waals surface area contributed by atoms with Crippen LogP contribution in [-0.4, -0.2) is 26.4 Å². The zero-order valence-corrected chi connectivity index (χ0v) is 10.7. The fraction of sp³-hybridized carbons (Fsp3) is 0. The van der Waals surface area contributed by atoms with Crippen LogP contribution < -0.4 is 0 Å². The molecule has 0 saturated carbocycles. The lowest BCUT2D eigenvalue weighted by Crippen LogP contribution is -1.90. The van der Waals surface area contributed by atoms with E-state index in [2.05, 4.69) is 15.2 Å². The Hall–Kier alpha value is -3.22. The molecule has 0 radical (unpaired) electrons. The van der Waals surface area contributed by atoms with E-state index in [1.807, 2.05) is 18.2 Å². The van der Waals surface area contributed by atoms with Crippen LogP contribution in [0.15, 0.2) is 47.6 Å². The highest BCUT2D eigenvalue weighted by molar-refractivity contribution is 5.86. The number of nitro groups is 1. The van der Waals surface area contributed by atoms with Gasteiger partial charge in [-0.2, -0.15) is 5.10 Å². The number of fused-ring (bicyclic) bond motifs is 1. The highest BCUT2D eigenvalue weighted by Gasteiger charge is 2.12. The van der Waals surface area contributed by atoms with Gasteiger partial charge in [-0.05, 0) is 35.9 Å². The summed E-state index contributed by atoms with van der Waals surface area (Å²) in [4.78, 5) is 14.4. The van der Waals surface area contributed by atoms with Crippen molar-refractivity contribution < 1.29 is 10.0 Å². The minimum atomic E-state index is -0.635. The number of nitrogens with zero attached hydrogens (tertiary/aromatic N) is 3. The number of aromatic amines is 1. The zero-order chi connectivity index (χ0) is 14.8. The van der Waals surface area contributed by atoms with Crippen LogP contribution in [-0.2, 0) is 0 Å². The van der Waals surface area contributed by atoms with Crippen molar-refractivity contribution >= 4 is 28.5 Å². The zero-order valence-electron chi connectivity index (χ0n) is 10.7. The smallest absolute Gasteiger partial charge is 0.311 e. The summed E-state index contributed by atoms with van der Waals surface area (Å²) in [5.41, 5.74) is 1.81. The van der Waals surface area contributed by atoms with Gasteiger partial charge in [0.05, 0.1) is 22.3 Å². The van der Waals surface area contributed by atoms with E-state index in [0.717, 1.165) is 10.9 Å². The van der Waals surface area contributed by atoms with Crippen LogP contribution in [0, 0.1) is 10.1 Å². The number of aromatic nitrogens is 2. The Morgan fingerprint density at radius 3 is 2.95 bits per heavy atom. The molecular weight excluding hydrogens is 272 g/mol. The van der Waals surface area contributed by atoms with Gasteiger partial charge in [-0.15, -0.1) is 0 Å². The van der Waals surface area contributed by atoms with Crippen LogP contribution in [0.4, 0.5) is 11.4 Å². The van der Waals surface area contributed by atoms with E-state index >= 15 is 0 Å². The monoisotopic (exact) mass is 282 g/mol. The fourth-order valence-corrected chi connectivity index (χ4v) is 1.93. The number of hydrogen-bond acceptors (Lipinski definition) is 5. The van der Waals surface area contributed by atoms with Gasteiger partial charge in [0.2, 0.25) is 0 Å². The molecule has 0 aliphatic carbocycles. The average molecular weight is 282 g/mol. The highest BCUT2D eigenvalue weighted by Crippen LogP contribution is 2.26. The standard InChI is InChI=1S/C14H10N4O3/c19-14-4-1-9(5-13(14)18(20)21)7-15-11-2-3-12-10(6-11)8-16-17-12/h1-8,19H,(H,16,17). The predicted octanol–water partition coefficient (Wildman–Crippen LogP) is 2.93. The first kappa shape index (κ1) is 12.8. The molecular formula is C14H10N4O3. The molecule has 0 saturated heterocycles. The van der Waals surface area contributed by atoms with Gasteiger partial charge >= 0.3 is 5.69 Å². The maximum absolute atomic E-state index is 10.8. The molecule has 7 nitrogen and oxygen atoms in total. The number of benzene rings is 2. The molecule has 0 unspecified atom stereocenters. The van der Waals surface area contributed by atoms with Crippen LogP contribution in [0.5, 0.6) is 5.75 Å². The van der Waals surface area contributed by atoms with Gasteiger partial charge in [-0.3, -0.25) is 20.2 Å². The quantitative estimate of drug-likeness (QED) is 0.437. The first-order valence-electron chi connectivity index (χ1n) is 6.08. The van der Waals surface area contributed by atoms with Crippen molar-refractivity contribution in [3.8, 4) is 5.75 Å². The predicted molar refractivity (Wildman–Crippen MR) is 78.1 cm³/mol. The van der Waals surface area contributed by atoms with E-state index < -0.39 is 4.92 Å². The Bertz CT molecular complexity index is 854. The van der Waals surface area contributed by atoms with Gasteiger partial charge < -0.3 is 5.11 Å². The van der Waals surface area contributed by atoms with E-state index in [9.17, 15) is 15.2 Å². The normalized spacial score (nSPS) is 11.2. The van der Waals surface area contributed by atoms with E-state index in [0.29, 0.717) is 11.3 Å². The van der Waals surface area contributed by atoms with Crippen molar-refractivity contribution in [1.82, 2.24) is 10.2 Å². The molecule has 0 fully saturated rings. The van der Waals surface area contributed by atoms with E-state index in [1.165, 1.54) is 18.3 Å². The lowest BCUT2D eigenvalue weighted by Gasteiger charge is -1.98. The highest BCUT2D eigenvalue weighted by atomic mass is 16.6. The molecule has 7 heteroatoms. The first-order valence-corrected chi connectivity index (χ1v) is 6.08. The molecule has 0 spiro atoms. The van der Waals surface area contributed by atoms with Crippen molar-refractivity contribution in [1.29, 1.82) is 0 Å². The molecule has 104 valence electrons. The number of aromatic hydroxyl groups is 1. The van der Waals surface area contributed by atoms with Crippen LogP contribution in [0.1, 0.15) is 5.56 Å². The fourth-order valence-electron chi connectivity index (χ4n) is 1.93. The number of phenols is 1. The summed E-state index contributed by atoms with van der Waals surface area (Å²) in [6.45, 7) is 0. The molecule has 1 aromatic heterocycles. The van der Waals surface area contributed by atoms with Crippen molar-refractivity contribution in [2.45, 2.75) is 0 Å². The molecule has 3 aromatic rings. The van der Waals surface area contributed by atoms with Crippen LogP contribution in [0.25, 0.3) is 10.9 Å². The van der Waals surface area contributed by atoms with Gasteiger partial charge in [0.25, 0.3) is 0 Å². The second-order valence-corrected chi connectivity index (χ2v) is 4.41. The number of nitrogens with one attached hydrogen (secondary N) is 1. The van der Waals surface area contributed by atoms with Crippen molar-refractivity contribution in [2.24, 2.45) is 4.99 Å². The van der Waals surface area contributed by atoms with E-state index in [-0.39, 0.29) is 11.4 Å². The summed E-state index contributed by atoms with van der Waals surface area (Å²) >= 11 is 0. The molecule has 1 heterocycles. The Labute approximate surface area is 118 Å².